The number of hydrogen-bond acceptors (Lipinski definition) is 3. The molecule has 0 saturated heterocycles. The molecule has 0 aliphatic rings. The summed E-state index contributed by atoms with van der Waals surface area (Å²) in [7, 11) is 0. The first-order valence-electron chi connectivity index (χ1n) is 4.31. The van der Waals surface area contributed by atoms with E-state index in [1.165, 1.54) is 6.26 Å². The van der Waals surface area contributed by atoms with Gasteiger partial charge in [0.25, 0.3) is 0 Å². The fourth-order valence-electron chi connectivity index (χ4n) is 0.964. The Morgan fingerprint density at radius 1 is 1.17 bits per heavy atom. The van der Waals surface area contributed by atoms with Gasteiger partial charge in [-0.3, -0.25) is 0 Å². The van der Waals surface area contributed by atoms with Crippen molar-refractivity contribution in [1.82, 2.24) is 0 Å². The van der Waals surface area contributed by atoms with Crippen molar-refractivity contribution in [1.29, 1.82) is 0 Å². The predicted molar refractivity (Wildman–Crippen MR) is 47.6 cm³/mol. The summed E-state index contributed by atoms with van der Waals surface area (Å²) in [4.78, 5) is 0. The van der Waals surface area contributed by atoms with Gasteiger partial charge < -0.3 is 14.2 Å². The van der Waals surface area contributed by atoms with E-state index < -0.39 is 5.97 Å². The Morgan fingerprint density at radius 2 is 1.67 bits per heavy atom. The average molecular weight is 174 g/mol. The standard InChI is InChI=1S/C9H18O3/c1-5-9(10-6-2,11-7-3)12-8-4/h6H,2,5,7-8H2,1,3-4H3. The maximum absolute atomic E-state index is 5.34. The van der Waals surface area contributed by atoms with Crippen molar-refractivity contribution in [2.75, 3.05) is 13.2 Å². The zero-order chi connectivity index (χ0) is 9.45. The average Bonchev–Trinajstić information content (AvgIpc) is 2.06. The highest BCUT2D eigenvalue weighted by molar-refractivity contribution is 4.60. The van der Waals surface area contributed by atoms with Crippen molar-refractivity contribution in [2.45, 2.75) is 33.2 Å². The molecule has 0 amide bonds. The van der Waals surface area contributed by atoms with E-state index in [4.69, 9.17) is 14.2 Å². The fraction of sp³-hybridized carbons (Fsp3) is 0.778. The number of ether oxygens (including phenoxy) is 3. The van der Waals surface area contributed by atoms with Crippen molar-refractivity contribution in [2.24, 2.45) is 0 Å². The minimum absolute atomic E-state index is 0.557. The lowest BCUT2D eigenvalue weighted by molar-refractivity contribution is -0.359. The molecular weight excluding hydrogens is 156 g/mol. The van der Waals surface area contributed by atoms with Crippen LogP contribution in [-0.2, 0) is 14.2 Å². The lowest BCUT2D eigenvalue weighted by atomic mass is 10.4. The van der Waals surface area contributed by atoms with Crippen LogP contribution in [0, 0.1) is 0 Å². The Balaban J connectivity index is 4.15. The van der Waals surface area contributed by atoms with Gasteiger partial charge in [-0.25, -0.2) is 0 Å². The molecule has 0 aromatic heterocycles. The molecule has 72 valence electrons. The SMILES string of the molecule is C=COC(CC)(OCC)OCC. The Morgan fingerprint density at radius 3 is 1.92 bits per heavy atom. The Bertz CT molecular complexity index is 117. The molecule has 0 unspecified atom stereocenters. The van der Waals surface area contributed by atoms with Gasteiger partial charge in [0.15, 0.2) is 0 Å². The van der Waals surface area contributed by atoms with Crippen molar-refractivity contribution in [3.05, 3.63) is 12.8 Å². The first kappa shape index (κ1) is 11.5. The molecule has 0 heterocycles. The Labute approximate surface area is 74.3 Å². The van der Waals surface area contributed by atoms with Gasteiger partial charge in [-0.1, -0.05) is 13.5 Å². The van der Waals surface area contributed by atoms with Crippen molar-refractivity contribution in [3.63, 3.8) is 0 Å². The third kappa shape index (κ3) is 3.24. The molecule has 0 aromatic carbocycles. The summed E-state index contributed by atoms with van der Waals surface area (Å²) in [5.41, 5.74) is 0. The van der Waals surface area contributed by atoms with Crippen molar-refractivity contribution < 1.29 is 14.2 Å². The maximum atomic E-state index is 5.34. The number of hydrogen-bond donors (Lipinski definition) is 0. The molecule has 0 N–H and O–H groups in total. The summed E-state index contributed by atoms with van der Waals surface area (Å²) < 4.78 is 15.9. The zero-order valence-corrected chi connectivity index (χ0v) is 8.13. The van der Waals surface area contributed by atoms with Gasteiger partial charge >= 0.3 is 5.97 Å². The highest BCUT2D eigenvalue weighted by Gasteiger charge is 2.30. The van der Waals surface area contributed by atoms with E-state index in [-0.39, 0.29) is 0 Å². The van der Waals surface area contributed by atoms with Crippen LogP contribution in [0.15, 0.2) is 12.8 Å². The number of rotatable bonds is 7. The molecule has 0 spiro atoms. The minimum Gasteiger partial charge on any atom is -0.448 e. The second kappa shape index (κ2) is 6.03. The van der Waals surface area contributed by atoms with Crippen LogP contribution < -0.4 is 0 Å². The molecule has 12 heavy (non-hydrogen) atoms. The van der Waals surface area contributed by atoms with Gasteiger partial charge in [-0.2, -0.15) is 0 Å². The maximum Gasteiger partial charge on any atom is 0.326 e. The van der Waals surface area contributed by atoms with Crippen LogP contribution in [0.1, 0.15) is 27.2 Å². The van der Waals surface area contributed by atoms with Gasteiger partial charge in [0.1, 0.15) is 0 Å². The first-order chi connectivity index (χ1) is 5.74. The van der Waals surface area contributed by atoms with Crippen LogP contribution in [0.4, 0.5) is 0 Å². The highest BCUT2D eigenvalue weighted by atomic mass is 16.9. The lowest BCUT2D eigenvalue weighted by Gasteiger charge is -2.30. The van der Waals surface area contributed by atoms with Gasteiger partial charge in [0, 0.05) is 6.42 Å². The van der Waals surface area contributed by atoms with Gasteiger partial charge in [-0.15, -0.1) is 0 Å². The van der Waals surface area contributed by atoms with E-state index in [1.54, 1.807) is 0 Å². The lowest BCUT2D eigenvalue weighted by Crippen LogP contribution is -2.37. The van der Waals surface area contributed by atoms with Crippen LogP contribution >= 0.6 is 0 Å². The zero-order valence-electron chi connectivity index (χ0n) is 8.13. The Kier molecular flexibility index (Phi) is 5.76. The molecule has 0 aromatic rings. The van der Waals surface area contributed by atoms with Crippen LogP contribution in [0.2, 0.25) is 0 Å². The quantitative estimate of drug-likeness (QED) is 0.438. The molecule has 3 heteroatoms. The van der Waals surface area contributed by atoms with Gasteiger partial charge in [-0.05, 0) is 13.8 Å². The second-order valence-electron chi connectivity index (χ2n) is 2.19. The van der Waals surface area contributed by atoms with E-state index in [9.17, 15) is 0 Å². The third-order valence-corrected chi connectivity index (χ3v) is 1.42. The molecular formula is C9H18O3. The molecule has 3 nitrogen and oxygen atoms in total. The summed E-state index contributed by atoms with van der Waals surface area (Å²) in [6.07, 6.45) is 1.98. The van der Waals surface area contributed by atoms with Crippen molar-refractivity contribution >= 4 is 0 Å². The predicted octanol–water partition coefficient (Wildman–Crippen LogP) is 2.28. The Hall–Kier alpha value is -0.540. The van der Waals surface area contributed by atoms with E-state index in [0.717, 1.165) is 0 Å². The third-order valence-electron chi connectivity index (χ3n) is 1.42. The van der Waals surface area contributed by atoms with E-state index >= 15 is 0 Å². The largest absolute Gasteiger partial charge is 0.448 e. The van der Waals surface area contributed by atoms with E-state index in [1.807, 2.05) is 20.8 Å². The van der Waals surface area contributed by atoms with E-state index in [0.29, 0.717) is 19.6 Å². The topological polar surface area (TPSA) is 27.7 Å². The monoisotopic (exact) mass is 174 g/mol. The van der Waals surface area contributed by atoms with Crippen LogP contribution in [0.25, 0.3) is 0 Å². The second-order valence-corrected chi connectivity index (χ2v) is 2.19. The summed E-state index contributed by atoms with van der Waals surface area (Å²) >= 11 is 0. The molecule has 0 saturated carbocycles. The summed E-state index contributed by atoms with van der Waals surface area (Å²) in [6.45, 7) is 10.3. The van der Waals surface area contributed by atoms with Gasteiger partial charge in [0.2, 0.25) is 0 Å². The van der Waals surface area contributed by atoms with Crippen molar-refractivity contribution in [3.8, 4) is 0 Å². The molecule has 0 bridgehead atoms. The summed E-state index contributed by atoms with van der Waals surface area (Å²) in [5, 5.41) is 0. The van der Waals surface area contributed by atoms with Gasteiger partial charge in [0.05, 0.1) is 19.5 Å². The minimum atomic E-state index is -0.925. The molecule has 0 aliphatic heterocycles. The molecule has 0 aliphatic carbocycles. The molecule has 0 rings (SSSR count). The normalized spacial score (nSPS) is 11.2. The fourth-order valence-corrected chi connectivity index (χ4v) is 0.964. The van der Waals surface area contributed by atoms with Crippen LogP contribution in [-0.4, -0.2) is 19.2 Å². The summed E-state index contributed by atoms with van der Waals surface area (Å²) in [5.74, 6) is -0.925. The van der Waals surface area contributed by atoms with E-state index in [2.05, 4.69) is 6.58 Å². The molecule has 0 fully saturated rings. The highest BCUT2D eigenvalue weighted by Crippen LogP contribution is 2.19. The van der Waals surface area contributed by atoms with Crippen LogP contribution in [0.3, 0.4) is 0 Å². The molecule has 0 atom stereocenters. The smallest absolute Gasteiger partial charge is 0.326 e. The first-order valence-corrected chi connectivity index (χ1v) is 4.31. The summed E-state index contributed by atoms with van der Waals surface area (Å²) in [6, 6.07) is 0. The molecule has 0 radical (unpaired) electrons. The van der Waals surface area contributed by atoms with Crippen LogP contribution in [0.5, 0.6) is 0 Å².